The minimum atomic E-state index is -0.558. The molecule has 0 radical (unpaired) electrons. The molecule has 0 aliphatic carbocycles. The molecule has 1 amide bonds. The van der Waals surface area contributed by atoms with Crippen molar-refractivity contribution in [3.8, 4) is 0 Å². The van der Waals surface area contributed by atoms with Crippen molar-refractivity contribution in [1.29, 1.82) is 0 Å². The third-order valence-electron chi connectivity index (χ3n) is 2.31. The Balaban J connectivity index is 2.81. The lowest BCUT2D eigenvalue weighted by atomic mass is 10.2. The van der Waals surface area contributed by atoms with Crippen LogP contribution in [0.25, 0.3) is 0 Å². The van der Waals surface area contributed by atoms with E-state index in [0.717, 1.165) is 0 Å². The van der Waals surface area contributed by atoms with Gasteiger partial charge in [0, 0.05) is 19.2 Å². The molecule has 1 aromatic rings. The highest BCUT2D eigenvalue weighted by Gasteiger charge is 2.13. The summed E-state index contributed by atoms with van der Waals surface area (Å²) in [4.78, 5) is 13.2. The van der Waals surface area contributed by atoms with Crippen LogP contribution in [-0.4, -0.2) is 25.5 Å². The summed E-state index contributed by atoms with van der Waals surface area (Å²) in [6.07, 6.45) is 0. The van der Waals surface area contributed by atoms with Crippen molar-refractivity contribution in [3.63, 3.8) is 0 Å². The molecule has 0 saturated carbocycles. The molecule has 0 heterocycles. The molecular weight excluding hydrogens is 257 g/mol. The first-order valence-electron chi connectivity index (χ1n) is 5.56. The first kappa shape index (κ1) is 14.6. The van der Waals surface area contributed by atoms with E-state index in [9.17, 15) is 9.18 Å². The topological polar surface area (TPSA) is 58.4 Å². The number of nitrogen functional groups attached to an aromatic ring is 1. The summed E-state index contributed by atoms with van der Waals surface area (Å²) >= 11 is 5.61. The maximum atomic E-state index is 13.4. The Morgan fingerprint density at radius 3 is 2.72 bits per heavy atom. The molecular formula is C12H17ClFN3O. The summed E-state index contributed by atoms with van der Waals surface area (Å²) < 4.78 is 13.4. The maximum absolute atomic E-state index is 13.4. The quantitative estimate of drug-likeness (QED) is 0.825. The lowest BCUT2D eigenvalue weighted by Gasteiger charge is -2.21. The number of likely N-dealkylation sites (N-methyl/N-ethyl adjacent to an activating group) is 1. The van der Waals surface area contributed by atoms with E-state index in [0.29, 0.717) is 11.4 Å². The number of carbonyl (C=O) groups is 1. The Morgan fingerprint density at radius 2 is 2.17 bits per heavy atom. The van der Waals surface area contributed by atoms with Crippen LogP contribution < -0.4 is 16.0 Å². The third-order valence-corrected chi connectivity index (χ3v) is 2.60. The SMILES string of the molecule is CC(C)NC(=O)CN(C)c1cc(F)c(Cl)cc1N. The standard InChI is InChI=1S/C12H17ClFN3O/c1-7(2)16-12(18)6-17(3)11-5-9(14)8(13)4-10(11)15/h4-5,7H,6,15H2,1-3H3,(H,16,18). The number of hydrogen-bond donors (Lipinski definition) is 2. The highest BCUT2D eigenvalue weighted by Crippen LogP contribution is 2.28. The van der Waals surface area contributed by atoms with Crippen LogP contribution >= 0.6 is 11.6 Å². The Bertz CT molecular complexity index is 451. The Hall–Kier alpha value is -1.49. The second kappa shape index (κ2) is 5.91. The molecule has 3 N–H and O–H groups in total. The van der Waals surface area contributed by atoms with Crippen molar-refractivity contribution in [2.45, 2.75) is 19.9 Å². The Morgan fingerprint density at radius 1 is 1.56 bits per heavy atom. The van der Waals surface area contributed by atoms with Crippen molar-refractivity contribution in [2.75, 3.05) is 24.2 Å². The monoisotopic (exact) mass is 273 g/mol. The molecule has 0 aliphatic heterocycles. The predicted molar refractivity (Wildman–Crippen MR) is 72.4 cm³/mol. The molecule has 1 aromatic carbocycles. The van der Waals surface area contributed by atoms with Gasteiger partial charge < -0.3 is 16.0 Å². The largest absolute Gasteiger partial charge is 0.397 e. The number of hydrogen-bond acceptors (Lipinski definition) is 3. The van der Waals surface area contributed by atoms with Gasteiger partial charge in [0.2, 0.25) is 5.91 Å². The molecule has 1 rings (SSSR count). The maximum Gasteiger partial charge on any atom is 0.239 e. The summed E-state index contributed by atoms with van der Waals surface area (Å²) in [6, 6.07) is 2.62. The van der Waals surface area contributed by atoms with Gasteiger partial charge in [0.15, 0.2) is 0 Å². The average molecular weight is 274 g/mol. The fourth-order valence-electron chi connectivity index (χ4n) is 1.55. The van der Waals surface area contributed by atoms with Gasteiger partial charge in [-0.1, -0.05) is 11.6 Å². The number of anilines is 2. The summed E-state index contributed by atoms with van der Waals surface area (Å²) in [5.41, 5.74) is 6.52. The van der Waals surface area contributed by atoms with E-state index in [-0.39, 0.29) is 23.5 Å². The predicted octanol–water partition coefficient (Wildman–Crippen LogP) is 2.02. The molecule has 0 atom stereocenters. The van der Waals surface area contributed by atoms with Gasteiger partial charge in [0.05, 0.1) is 22.9 Å². The molecule has 4 nitrogen and oxygen atoms in total. The van der Waals surface area contributed by atoms with Crippen LogP contribution in [0.3, 0.4) is 0 Å². The molecule has 100 valence electrons. The summed E-state index contributed by atoms with van der Waals surface area (Å²) in [6.45, 7) is 3.84. The number of amides is 1. The number of nitrogens with two attached hydrogens (primary N) is 1. The molecule has 0 spiro atoms. The molecule has 0 unspecified atom stereocenters. The number of rotatable bonds is 4. The fourth-order valence-corrected chi connectivity index (χ4v) is 1.72. The van der Waals surface area contributed by atoms with Crippen molar-refractivity contribution in [3.05, 3.63) is 23.0 Å². The Labute approximate surface area is 111 Å². The Kier molecular flexibility index (Phi) is 4.78. The van der Waals surface area contributed by atoms with Gasteiger partial charge in [-0.05, 0) is 19.9 Å². The van der Waals surface area contributed by atoms with Crippen LogP contribution in [-0.2, 0) is 4.79 Å². The smallest absolute Gasteiger partial charge is 0.239 e. The van der Waals surface area contributed by atoms with E-state index < -0.39 is 5.82 Å². The van der Waals surface area contributed by atoms with E-state index in [4.69, 9.17) is 17.3 Å². The van der Waals surface area contributed by atoms with Crippen molar-refractivity contribution < 1.29 is 9.18 Å². The van der Waals surface area contributed by atoms with Crippen LogP contribution in [0, 0.1) is 5.82 Å². The first-order chi connectivity index (χ1) is 8.31. The van der Waals surface area contributed by atoms with Crippen LogP contribution in [0.5, 0.6) is 0 Å². The van der Waals surface area contributed by atoms with E-state index in [1.807, 2.05) is 13.8 Å². The van der Waals surface area contributed by atoms with Crippen LogP contribution in [0.4, 0.5) is 15.8 Å². The van der Waals surface area contributed by atoms with Gasteiger partial charge in [-0.15, -0.1) is 0 Å². The zero-order valence-corrected chi connectivity index (χ0v) is 11.4. The zero-order valence-electron chi connectivity index (χ0n) is 10.6. The van der Waals surface area contributed by atoms with Crippen molar-refractivity contribution in [2.24, 2.45) is 0 Å². The molecule has 6 heteroatoms. The zero-order chi connectivity index (χ0) is 13.9. The number of benzene rings is 1. The molecule has 0 aliphatic rings. The first-order valence-corrected chi connectivity index (χ1v) is 5.94. The molecule has 0 fully saturated rings. The molecule has 0 bridgehead atoms. The lowest BCUT2D eigenvalue weighted by Crippen LogP contribution is -2.38. The molecule has 0 aromatic heterocycles. The van der Waals surface area contributed by atoms with Gasteiger partial charge in [-0.3, -0.25) is 4.79 Å². The summed E-state index contributed by atoms with van der Waals surface area (Å²) in [7, 11) is 1.67. The van der Waals surface area contributed by atoms with Crippen LogP contribution in [0.15, 0.2) is 12.1 Å². The van der Waals surface area contributed by atoms with E-state index >= 15 is 0 Å². The fraction of sp³-hybridized carbons (Fsp3) is 0.417. The van der Waals surface area contributed by atoms with Gasteiger partial charge in [0.25, 0.3) is 0 Å². The van der Waals surface area contributed by atoms with E-state index in [1.54, 1.807) is 11.9 Å². The summed E-state index contributed by atoms with van der Waals surface area (Å²) in [5, 5.41) is 2.72. The second-order valence-corrected chi connectivity index (χ2v) is 4.81. The molecule has 18 heavy (non-hydrogen) atoms. The van der Waals surface area contributed by atoms with Gasteiger partial charge >= 0.3 is 0 Å². The minimum absolute atomic E-state index is 0.0312. The van der Waals surface area contributed by atoms with Gasteiger partial charge in [-0.25, -0.2) is 4.39 Å². The van der Waals surface area contributed by atoms with E-state index in [1.165, 1.54) is 12.1 Å². The lowest BCUT2D eigenvalue weighted by molar-refractivity contribution is -0.120. The number of halogens is 2. The van der Waals surface area contributed by atoms with Gasteiger partial charge in [0.1, 0.15) is 5.82 Å². The minimum Gasteiger partial charge on any atom is -0.397 e. The van der Waals surface area contributed by atoms with Crippen molar-refractivity contribution in [1.82, 2.24) is 5.32 Å². The van der Waals surface area contributed by atoms with Gasteiger partial charge in [-0.2, -0.15) is 0 Å². The third kappa shape index (κ3) is 3.77. The van der Waals surface area contributed by atoms with Crippen molar-refractivity contribution >= 4 is 28.9 Å². The number of nitrogens with zero attached hydrogens (tertiary/aromatic N) is 1. The molecule has 0 saturated heterocycles. The van der Waals surface area contributed by atoms with Crippen LogP contribution in [0.2, 0.25) is 5.02 Å². The van der Waals surface area contributed by atoms with E-state index in [2.05, 4.69) is 5.32 Å². The average Bonchev–Trinajstić information content (AvgIpc) is 2.21. The highest BCUT2D eigenvalue weighted by molar-refractivity contribution is 6.31. The summed E-state index contributed by atoms with van der Waals surface area (Å²) in [5.74, 6) is -0.709. The highest BCUT2D eigenvalue weighted by atomic mass is 35.5. The van der Waals surface area contributed by atoms with Crippen LogP contribution in [0.1, 0.15) is 13.8 Å². The normalized spacial score (nSPS) is 10.6. The number of nitrogens with one attached hydrogen (secondary N) is 1. The second-order valence-electron chi connectivity index (χ2n) is 4.40. The number of carbonyl (C=O) groups excluding carboxylic acids is 1.